The van der Waals surface area contributed by atoms with Crippen LogP contribution in [-0.4, -0.2) is 22.2 Å². The molecule has 0 unspecified atom stereocenters. The van der Waals surface area contributed by atoms with E-state index in [4.69, 9.17) is 16.3 Å². The summed E-state index contributed by atoms with van der Waals surface area (Å²) in [4.78, 5) is 22.9. The smallest absolute Gasteiger partial charge is 0.408 e. The zero-order chi connectivity index (χ0) is 17.1. The molecule has 0 saturated heterocycles. The van der Waals surface area contributed by atoms with Crippen molar-refractivity contribution in [2.75, 3.05) is 0 Å². The van der Waals surface area contributed by atoms with Crippen LogP contribution in [0.2, 0.25) is 5.02 Å². The van der Waals surface area contributed by atoms with Crippen molar-refractivity contribution in [1.82, 2.24) is 5.32 Å². The van der Waals surface area contributed by atoms with Crippen molar-refractivity contribution in [3.63, 3.8) is 0 Å². The molecule has 7 heteroatoms. The van der Waals surface area contributed by atoms with Crippen LogP contribution in [0.25, 0.3) is 0 Å². The zero-order valence-corrected chi connectivity index (χ0v) is 14.1. The lowest BCUT2D eigenvalue weighted by Gasteiger charge is -2.29. The van der Waals surface area contributed by atoms with Gasteiger partial charge in [0.2, 0.25) is 5.54 Å². The fourth-order valence-corrected chi connectivity index (χ4v) is 1.98. The summed E-state index contributed by atoms with van der Waals surface area (Å²) in [5.41, 5.74) is -1.52. The van der Waals surface area contributed by atoms with Gasteiger partial charge in [-0.3, -0.25) is 10.1 Å². The highest BCUT2D eigenvalue weighted by atomic mass is 35.5. The monoisotopic (exact) mass is 328 g/mol. The van der Waals surface area contributed by atoms with Crippen LogP contribution in [0.1, 0.15) is 46.2 Å². The Morgan fingerprint density at radius 2 is 1.73 bits per heavy atom. The van der Waals surface area contributed by atoms with Crippen molar-refractivity contribution in [2.24, 2.45) is 0 Å². The number of ether oxygens (including phenoxy) is 1. The maximum Gasteiger partial charge on any atom is 0.408 e. The van der Waals surface area contributed by atoms with E-state index in [1.54, 1.807) is 45.0 Å². The fourth-order valence-electron chi connectivity index (χ4n) is 1.85. The van der Waals surface area contributed by atoms with Crippen LogP contribution in [0.4, 0.5) is 4.79 Å². The molecule has 1 aromatic rings. The molecule has 1 amide bonds. The van der Waals surface area contributed by atoms with Crippen LogP contribution < -0.4 is 5.32 Å². The van der Waals surface area contributed by atoms with E-state index in [1.807, 2.05) is 0 Å². The van der Waals surface area contributed by atoms with E-state index < -0.39 is 28.2 Å². The standard InChI is InChI=1S/C15H21ClN2O4/c1-14(2,3)22-13(19)17-12(15(4,5)18(20)21)10-6-8-11(16)9-7-10/h6-9,12H,1-5H3,(H,17,19)/t12-/m1/s1. The highest BCUT2D eigenvalue weighted by Crippen LogP contribution is 2.29. The van der Waals surface area contributed by atoms with Crippen LogP contribution in [0, 0.1) is 10.1 Å². The van der Waals surface area contributed by atoms with Gasteiger partial charge in [0, 0.05) is 23.8 Å². The number of nitrogens with one attached hydrogen (secondary N) is 1. The Labute approximate surface area is 134 Å². The highest BCUT2D eigenvalue weighted by Gasteiger charge is 2.43. The molecule has 0 radical (unpaired) electrons. The predicted octanol–water partition coefficient (Wildman–Crippen LogP) is 3.96. The van der Waals surface area contributed by atoms with Gasteiger partial charge in [-0.1, -0.05) is 23.7 Å². The lowest BCUT2D eigenvalue weighted by molar-refractivity contribution is -0.566. The first-order chi connectivity index (χ1) is 9.93. The van der Waals surface area contributed by atoms with Crippen LogP contribution in [-0.2, 0) is 4.74 Å². The normalized spacial score (nSPS) is 13.4. The molecule has 1 aromatic carbocycles. The van der Waals surface area contributed by atoms with Crippen molar-refractivity contribution in [1.29, 1.82) is 0 Å². The minimum absolute atomic E-state index is 0.427. The van der Waals surface area contributed by atoms with Gasteiger partial charge in [0.25, 0.3) is 0 Å². The number of hydrogen-bond donors (Lipinski definition) is 1. The Balaban J connectivity index is 3.10. The van der Waals surface area contributed by atoms with Gasteiger partial charge >= 0.3 is 6.09 Å². The van der Waals surface area contributed by atoms with E-state index in [0.29, 0.717) is 10.6 Å². The third kappa shape index (κ3) is 4.87. The average molecular weight is 329 g/mol. The Morgan fingerprint density at radius 3 is 2.14 bits per heavy atom. The van der Waals surface area contributed by atoms with Gasteiger partial charge in [-0.05, 0) is 38.5 Å². The van der Waals surface area contributed by atoms with Gasteiger partial charge in [-0.25, -0.2) is 4.79 Å². The molecule has 6 nitrogen and oxygen atoms in total. The number of rotatable bonds is 4. The van der Waals surface area contributed by atoms with Gasteiger partial charge in [0.1, 0.15) is 11.6 Å². The summed E-state index contributed by atoms with van der Waals surface area (Å²) >= 11 is 5.84. The molecule has 122 valence electrons. The van der Waals surface area contributed by atoms with E-state index in [1.165, 1.54) is 13.8 Å². The Kier molecular flexibility index (Phi) is 5.40. The molecular weight excluding hydrogens is 308 g/mol. The van der Waals surface area contributed by atoms with E-state index in [2.05, 4.69) is 5.32 Å². The number of nitro groups is 1. The lowest BCUT2D eigenvalue weighted by atomic mass is 9.89. The van der Waals surface area contributed by atoms with Crippen molar-refractivity contribution in [3.05, 3.63) is 45.0 Å². The lowest BCUT2D eigenvalue weighted by Crippen LogP contribution is -2.48. The van der Waals surface area contributed by atoms with Gasteiger partial charge in [-0.2, -0.15) is 0 Å². The molecule has 22 heavy (non-hydrogen) atoms. The molecule has 0 aliphatic carbocycles. The molecule has 0 aliphatic rings. The number of halogens is 1. The third-order valence-electron chi connectivity index (χ3n) is 3.04. The first-order valence-electron chi connectivity index (χ1n) is 6.83. The topological polar surface area (TPSA) is 81.5 Å². The number of carbonyl (C=O) groups is 1. The number of alkyl carbamates (subject to hydrolysis) is 1. The maximum absolute atomic E-state index is 12.0. The first kappa shape index (κ1) is 18.2. The summed E-state index contributed by atoms with van der Waals surface area (Å²) in [6.45, 7) is 8.07. The van der Waals surface area contributed by atoms with Gasteiger partial charge in [-0.15, -0.1) is 0 Å². The highest BCUT2D eigenvalue weighted by molar-refractivity contribution is 6.30. The van der Waals surface area contributed by atoms with Crippen LogP contribution >= 0.6 is 11.6 Å². The van der Waals surface area contributed by atoms with E-state index in [9.17, 15) is 14.9 Å². The van der Waals surface area contributed by atoms with Crippen molar-refractivity contribution in [2.45, 2.75) is 51.8 Å². The molecule has 1 atom stereocenters. The number of carbonyl (C=O) groups excluding carboxylic acids is 1. The molecule has 0 saturated carbocycles. The SMILES string of the molecule is CC(C)(C)OC(=O)N[C@H](c1ccc(Cl)cc1)C(C)(C)[N+](=O)[O-]. The summed E-state index contributed by atoms with van der Waals surface area (Å²) in [6, 6.07) is 5.69. The van der Waals surface area contributed by atoms with Gasteiger partial charge in [0.05, 0.1) is 0 Å². The largest absolute Gasteiger partial charge is 0.444 e. The average Bonchev–Trinajstić information content (AvgIpc) is 2.34. The summed E-state index contributed by atoms with van der Waals surface area (Å²) in [5, 5.41) is 14.5. The zero-order valence-electron chi connectivity index (χ0n) is 13.3. The van der Waals surface area contributed by atoms with Gasteiger partial charge in [0.15, 0.2) is 0 Å². The number of hydrogen-bond acceptors (Lipinski definition) is 4. The molecule has 0 bridgehead atoms. The number of benzene rings is 1. The van der Waals surface area contributed by atoms with Crippen molar-refractivity contribution >= 4 is 17.7 Å². The second-order valence-electron chi connectivity index (χ2n) is 6.54. The summed E-state index contributed by atoms with van der Waals surface area (Å²) in [6.07, 6.45) is -0.706. The second kappa shape index (κ2) is 6.52. The van der Waals surface area contributed by atoms with E-state index >= 15 is 0 Å². The number of amides is 1. The summed E-state index contributed by atoms with van der Waals surface area (Å²) in [7, 11) is 0. The first-order valence-corrected chi connectivity index (χ1v) is 7.21. The van der Waals surface area contributed by atoms with E-state index in [0.717, 1.165) is 0 Å². The van der Waals surface area contributed by atoms with Crippen LogP contribution in [0.5, 0.6) is 0 Å². The van der Waals surface area contributed by atoms with Crippen LogP contribution in [0.15, 0.2) is 24.3 Å². The molecule has 1 N–H and O–H groups in total. The number of nitrogens with zero attached hydrogens (tertiary/aromatic N) is 1. The quantitative estimate of drug-likeness (QED) is 0.670. The van der Waals surface area contributed by atoms with E-state index in [-0.39, 0.29) is 0 Å². The summed E-state index contributed by atoms with van der Waals surface area (Å²) in [5.74, 6) is 0. The molecule has 0 spiro atoms. The molecule has 1 rings (SSSR count). The third-order valence-corrected chi connectivity index (χ3v) is 3.29. The molecule has 0 aliphatic heterocycles. The fraction of sp³-hybridized carbons (Fsp3) is 0.533. The Hall–Kier alpha value is -1.82. The van der Waals surface area contributed by atoms with Crippen LogP contribution in [0.3, 0.4) is 0 Å². The minimum Gasteiger partial charge on any atom is -0.444 e. The Bertz CT molecular complexity index is 550. The predicted molar refractivity (Wildman–Crippen MR) is 84.6 cm³/mol. The maximum atomic E-state index is 12.0. The van der Waals surface area contributed by atoms with Crippen molar-refractivity contribution < 1.29 is 14.5 Å². The molecule has 0 aromatic heterocycles. The minimum atomic E-state index is -1.41. The second-order valence-corrected chi connectivity index (χ2v) is 6.98. The van der Waals surface area contributed by atoms with Gasteiger partial charge < -0.3 is 10.1 Å². The summed E-state index contributed by atoms with van der Waals surface area (Å²) < 4.78 is 5.19. The van der Waals surface area contributed by atoms with Crippen molar-refractivity contribution in [3.8, 4) is 0 Å². The molecule has 0 heterocycles. The molecular formula is C15H21ClN2O4. The Morgan fingerprint density at radius 1 is 1.23 bits per heavy atom. The molecule has 0 fully saturated rings.